The third kappa shape index (κ3) is 1.96. The summed E-state index contributed by atoms with van der Waals surface area (Å²) >= 11 is 0. The highest BCUT2D eigenvalue weighted by atomic mass is 15.2. The number of rotatable bonds is 2. The average molecular weight is 196 g/mol. The molecule has 2 fully saturated rings. The number of hydrogen-bond acceptors (Lipinski definition) is 2. The molecule has 0 radical (unpaired) electrons. The molecule has 2 unspecified atom stereocenters. The lowest BCUT2D eigenvalue weighted by molar-refractivity contribution is 0.0189. The highest BCUT2D eigenvalue weighted by Gasteiger charge is 2.36. The number of piperidine rings is 1. The highest BCUT2D eigenvalue weighted by Crippen LogP contribution is 2.36. The van der Waals surface area contributed by atoms with Crippen molar-refractivity contribution in [2.45, 2.75) is 45.1 Å². The maximum absolute atomic E-state index is 5.85. The summed E-state index contributed by atoms with van der Waals surface area (Å²) in [5.74, 6) is 1.93. The van der Waals surface area contributed by atoms with E-state index in [1.54, 1.807) is 0 Å². The molecule has 82 valence electrons. The van der Waals surface area contributed by atoms with Gasteiger partial charge in [0, 0.05) is 25.2 Å². The van der Waals surface area contributed by atoms with Crippen molar-refractivity contribution in [2.75, 3.05) is 19.6 Å². The Balaban J connectivity index is 2.01. The minimum absolute atomic E-state index is 0.217. The van der Waals surface area contributed by atoms with Crippen LogP contribution in [0, 0.1) is 11.8 Å². The van der Waals surface area contributed by atoms with Gasteiger partial charge in [-0.3, -0.25) is 4.90 Å². The van der Waals surface area contributed by atoms with E-state index in [-0.39, 0.29) is 5.54 Å². The lowest BCUT2D eigenvalue weighted by Crippen LogP contribution is -2.55. The quantitative estimate of drug-likeness (QED) is 0.730. The predicted molar refractivity (Wildman–Crippen MR) is 60.2 cm³/mol. The van der Waals surface area contributed by atoms with Crippen molar-refractivity contribution in [1.82, 2.24) is 4.90 Å². The van der Waals surface area contributed by atoms with Crippen LogP contribution in [0.2, 0.25) is 0 Å². The summed E-state index contributed by atoms with van der Waals surface area (Å²) in [5.41, 5.74) is 6.06. The van der Waals surface area contributed by atoms with E-state index in [0.717, 1.165) is 18.4 Å². The van der Waals surface area contributed by atoms with Crippen molar-refractivity contribution >= 4 is 0 Å². The highest BCUT2D eigenvalue weighted by molar-refractivity contribution is 4.91. The molecule has 1 saturated carbocycles. The second kappa shape index (κ2) is 3.82. The van der Waals surface area contributed by atoms with Gasteiger partial charge in [0.15, 0.2) is 0 Å². The molecular formula is C12H24N2. The molecule has 1 aliphatic heterocycles. The first-order valence-electron chi connectivity index (χ1n) is 6.07. The first-order chi connectivity index (χ1) is 6.62. The second-order valence-electron chi connectivity index (χ2n) is 5.82. The Morgan fingerprint density at radius 1 is 1.21 bits per heavy atom. The van der Waals surface area contributed by atoms with E-state index in [1.165, 1.54) is 38.8 Å². The molecule has 0 amide bonds. The third-order valence-electron chi connectivity index (χ3n) is 4.20. The summed E-state index contributed by atoms with van der Waals surface area (Å²) in [4.78, 5) is 2.63. The van der Waals surface area contributed by atoms with Crippen LogP contribution in [-0.4, -0.2) is 30.1 Å². The van der Waals surface area contributed by atoms with Crippen molar-refractivity contribution in [2.24, 2.45) is 17.6 Å². The van der Waals surface area contributed by atoms with E-state index < -0.39 is 0 Å². The molecule has 0 aromatic carbocycles. The van der Waals surface area contributed by atoms with Gasteiger partial charge in [0.2, 0.25) is 0 Å². The van der Waals surface area contributed by atoms with Crippen LogP contribution in [0.4, 0.5) is 0 Å². The lowest BCUT2D eigenvalue weighted by atomic mass is 9.76. The van der Waals surface area contributed by atoms with Gasteiger partial charge in [-0.2, -0.15) is 0 Å². The zero-order chi connectivity index (χ0) is 10.2. The molecule has 14 heavy (non-hydrogen) atoms. The summed E-state index contributed by atoms with van der Waals surface area (Å²) < 4.78 is 0. The van der Waals surface area contributed by atoms with E-state index in [9.17, 15) is 0 Å². The standard InChI is InChI=1S/C12H24N2/c1-12(2,9-13)14-7-10-4-3-5-11(6-10)8-14/h10-11H,3-9,13H2,1-2H3. The molecule has 2 N–H and O–H groups in total. The number of likely N-dealkylation sites (tertiary alicyclic amines) is 1. The maximum Gasteiger partial charge on any atom is 0.0275 e. The SMILES string of the molecule is CC(C)(CN)N1CC2CCCC(C2)C1. The Bertz CT molecular complexity index is 188. The number of hydrogen-bond donors (Lipinski definition) is 1. The summed E-state index contributed by atoms with van der Waals surface area (Å²) in [6.45, 7) is 7.94. The van der Waals surface area contributed by atoms with E-state index in [1.807, 2.05) is 0 Å². The van der Waals surface area contributed by atoms with Crippen molar-refractivity contribution in [3.63, 3.8) is 0 Å². The van der Waals surface area contributed by atoms with Crippen LogP contribution in [0.3, 0.4) is 0 Å². The monoisotopic (exact) mass is 196 g/mol. The Morgan fingerprint density at radius 3 is 2.29 bits per heavy atom. The van der Waals surface area contributed by atoms with Crippen LogP contribution in [0.1, 0.15) is 39.5 Å². The van der Waals surface area contributed by atoms with Gasteiger partial charge in [0.25, 0.3) is 0 Å². The number of nitrogens with two attached hydrogens (primary N) is 1. The zero-order valence-corrected chi connectivity index (χ0v) is 9.63. The minimum atomic E-state index is 0.217. The van der Waals surface area contributed by atoms with Crippen LogP contribution in [0.25, 0.3) is 0 Å². The predicted octanol–water partition coefficient (Wildman–Crippen LogP) is 1.85. The lowest BCUT2D eigenvalue weighted by Gasteiger charge is -2.48. The van der Waals surface area contributed by atoms with Crippen LogP contribution in [-0.2, 0) is 0 Å². The Kier molecular flexibility index (Phi) is 2.85. The van der Waals surface area contributed by atoms with Crippen molar-refractivity contribution in [3.05, 3.63) is 0 Å². The molecule has 2 aliphatic rings. The molecule has 0 aromatic rings. The molecule has 1 aliphatic carbocycles. The molecule has 2 heteroatoms. The van der Waals surface area contributed by atoms with Crippen molar-refractivity contribution < 1.29 is 0 Å². The van der Waals surface area contributed by atoms with Gasteiger partial charge < -0.3 is 5.73 Å². The molecule has 2 bridgehead atoms. The van der Waals surface area contributed by atoms with Gasteiger partial charge in [-0.1, -0.05) is 6.42 Å². The topological polar surface area (TPSA) is 29.3 Å². The molecule has 2 atom stereocenters. The Hall–Kier alpha value is -0.0800. The fourth-order valence-corrected chi connectivity index (χ4v) is 3.06. The first kappa shape index (κ1) is 10.4. The van der Waals surface area contributed by atoms with E-state index in [2.05, 4.69) is 18.7 Å². The van der Waals surface area contributed by atoms with Crippen molar-refractivity contribution in [1.29, 1.82) is 0 Å². The van der Waals surface area contributed by atoms with Gasteiger partial charge in [-0.15, -0.1) is 0 Å². The van der Waals surface area contributed by atoms with E-state index >= 15 is 0 Å². The average Bonchev–Trinajstić information content (AvgIpc) is 2.17. The largest absolute Gasteiger partial charge is 0.329 e. The first-order valence-corrected chi connectivity index (χ1v) is 6.07. The Labute approximate surface area is 87.8 Å². The van der Waals surface area contributed by atoms with Crippen LogP contribution in [0.15, 0.2) is 0 Å². The molecule has 1 saturated heterocycles. The van der Waals surface area contributed by atoms with Gasteiger partial charge >= 0.3 is 0 Å². The maximum atomic E-state index is 5.85. The van der Waals surface area contributed by atoms with Crippen LogP contribution >= 0.6 is 0 Å². The van der Waals surface area contributed by atoms with Crippen LogP contribution in [0.5, 0.6) is 0 Å². The molecule has 2 nitrogen and oxygen atoms in total. The molecule has 0 aromatic heterocycles. The zero-order valence-electron chi connectivity index (χ0n) is 9.63. The molecular weight excluding hydrogens is 172 g/mol. The van der Waals surface area contributed by atoms with E-state index in [0.29, 0.717) is 0 Å². The Morgan fingerprint density at radius 2 is 1.79 bits per heavy atom. The van der Waals surface area contributed by atoms with Gasteiger partial charge in [0.1, 0.15) is 0 Å². The normalized spacial score (nSPS) is 34.5. The summed E-state index contributed by atoms with van der Waals surface area (Å²) in [6.07, 6.45) is 5.85. The summed E-state index contributed by atoms with van der Waals surface area (Å²) in [5, 5.41) is 0. The minimum Gasteiger partial charge on any atom is -0.329 e. The third-order valence-corrected chi connectivity index (χ3v) is 4.20. The molecule has 1 heterocycles. The number of nitrogens with zero attached hydrogens (tertiary/aromatic N) is 1. The number of fused-ring (bicyclic) bond motifs is 2. The van der Waals surface area contributed by atoms with Gasteiger partial charge in [-0.25, -0.2) is 0 Å². The van der Waals surface area contributed by atoms with Gasteiger partial charge in [-0.05, 0) is 44.9 Å². The molecule has 0 spiro atoms. The smallest absolute Gasteiger partial charge is 0.0275 e. The summed E-state index contributed by atoms with van der Waals surface area (Å²) in [6, 6.07) is 0. The summed E-state index contributed by atoms with van der Waals surface area (Å²) in [7, 11) is 0. The molecule has 2 rings (SSSR count). The fraction of sp³-hybridized carbons (Fsp3) is 1.00. The van der Waals surface area contributed by atoms with Gasteiger partial charge in [0.05, 0.1) is 0 Å². The van der Waals surface area contributed by atoms with Crippen LogP contribution < -0.4 is 5.73 Å². The fourth-order valence-electron chi connectivity index (χ4n) is 3.06. The van der Waals surface area contributed by atoms with Crippen molar-refractivity contribution in [3.8, 4) is 0 Å². The van der Waals surface area contributed by atoms with E-state index in [4.69, 9.17) is 5.73 Å². The second-order valence-corrected chi connectivity index (χ2v) is 5.82.